The van der Waals surface area contributed by atoms with Crippen molar-refractivity contribution in [3.8, 4) is 5.75 Å². The molecule has 30 heavy (non-hydrogen) atoms. The summed E-state index contributed by atoms with van der Waals surface area (Å²) in [7, 11) is 0. The molecule has 2 fully saturated rings. The van der Waals surface area contributed by atoms with Gasteiger partial charge >= 0.3 is 6.03 Å². The first-order valence-electron chi connectivity index (χ1n) is 11.3. The monoisotopic (exact) mass is 416 g/mol. The number of urea groups is 1. The molecule has 3 rings (SSSR count). The third-order valence-electron chi connectivity index (χ3n) is 6.29. The topological polar surface area (TPSA) is 111 Å². The minimum atomic E-state index is -0.583. The molecule has 1 aromatic rings. The minimum absolute atomic E-state index is 0.155. The predicted molar refractivity (Wildman–Crippen MR) is 119 cm³/mol. The van der Waals surface area contributed by atoms with Crippen molar-refractivity contribution in [1.82, 2.24) is 4.90 Å². The summed E-state index contributed by atoms with van der Waals surface area (Å²) in [5, 5.41) is 2.93. The minimum Gasteiger partial charge on any atom is -0.488 e. The molecule has 166 valence electrons. The van der Waals surface area contributed by atoms with Gasteiger partial charge in [0.1, 0.15) is 0 Å². The molecule has 7 nitrogen and oxygen atoms in total. The summed E-state index contributed by atoms with van der Waals surface area (Å²) in [4.78, 5) is 26.6. The Balaban J connectivity index is 1.65. The van der Waals surface area contributed by atoms with Crippen LogP contribution in [0.4, 0.5) is 10.5 Å². The highest BCUT2D eigenvalue weighted by Crippen LogP contribution is 2.33. The zero-order valence-electron chi connectivity index (χ0n) is 18.2. The lowest BCUT2D eigenvalue weighted by molar-refractivity contribution is 0.0994. The number of ether oxygens (including phenoxy) is 1. The smallest absolute Gasteiger partial charge is 0.321 e. The van der Waals surface area contributed by atoms with Gasteiger partial charge in [-0.25, -0.2) is 4.79 Å². The van der Waals surface area contributed by atoms with Crippen molar-refractivity contribution in [1.29, 1.82) is 0 Å². The average Bonchev–Trinajstić information content (AvgIpc) is 3.24. The molecule has 0 radical (unpaired) electrons. The fourth-order valence-electron chi connectivity index (χ4n) is 4.79. The van der Waals surface area contributed by atoms with Crippen molar-refractivity contribution >= 4 is 17.6 Å². The Labute approximate surface area is 179 Å². The summed E-state index contributed by atoms with van der Waals surface area (Å²) in [6.07, 6.45) is 7.99. The van der Waals surface area contributed by atoms with Crippen molar-refractivity contribution in [2.45, 2.75) is 70.9 Å². The Hall–Kier alpha value is -2.28. The van der Waals surface area contributed by atoms with Crippen molar-refractivity contribution in [2.75, 3.05) is 18.4 Å². The van der Waals surface area contributed by atoms with Gasteiger partial charge in [0.25, 0.3) is 5.91 Å². The first-order valence-corrected chi connectivity index (χ1v) is 11.3. The number of anilines is 1. The Morgan fingerprint density at radius 1 is 1.20 bits per heavy atom. The molecule has 1 saturated carbocycles. The summed E-state index contributed by atoms with van der Waals surface area (Å²) >= 11 is 0. The molecule has 0 spiro atoms. The fourth-order valence-corrected chi connectivity index (χ4v) is 4.79. The molecule has 3 amide bonds. The van der Waals surface area contributed by atoms with Gasteiger partial charge in [-0.05, 0) is 69.9 Å². The number of nitrogens with zero attached hydrogens (tertiary/aromatic N) is 1. The largest absolute Gasteiger partial charge is 0.488 e. The average molecular weight is 417 g/mol. The van der Waals surface area contributed by atoms with Crippen molar-refractivity contribution in [3.63, 3.8) is 0 Å². The number of carbonyl (C=O) groups is 2. The number of piperidine rings is 1. The van der Waals surface area contributed by atoms with E-state index in [1.165, 1.54) is 25.7 Å². The van der Waals surface area contributed by atoms with E-state index in [4.69, 9.17) is 16.2 Å². The van der Waals surface area contributed by atoms with Gasteiger partial charge in [-0.1, -0.05) is 18.9 Å². The van der Waals surface area contributed by atoms with Crippen LogP contribution >= 0.6 is 0 Å². The van der Waals surface area contributed by atoms with Gasteiger partial charge in [0.05, 0.1) is 17.4 Å². The Morgan fingerprint density at radius 2 is 1.93 bits per heavy atom. The van der Waals surface area contributed by atoms with Crippen LogP contribution < -0.4 is 21.5 Å². The molecule has 1 aliphatic heterocycles. The van der Waals surface area contributed by atoms with E-state index in [1.807, 2.05) is 18.7 Å². The number of benzene rings is 1. The summed E-state index contributed by atoms with van der Waals surface area (Å²) in [5.41, 5.74) is 12.7. The molecule has 1 heterocycles. The lowest BCUT2D eigenvalue weighted by Crippen LogP contribution is -2.44. The Kier molecular flexibility index (Phi) is 7.58. The maximum atomic E-state index is 13.0. The first kappa shape index (κ1) is 22.4. The third-order valence-corrected chi connectivity index (χ3v) is 6.29. The van der Waals surface area contributed by atoms with E-state index in [-0.39, 0.29) is 23.7 Å². The molecular formula is C23H36N4O3. The number of amides is 3. The summed E-state index contributed by atoms with van der Waals surface area (Å²) in [6.45, 7) is 5.16. The maximum Gasteiger partial charge on any atom is 0.321 e. The molecular weight excluding hydrogens is 380 g/mol. The van der Waals surface area contributed by atoms with Crippen molar-refractivity contribution in [3.05, 3.63) is 23.8 Å². The standard InChI is InChI=1S/C23H36N4O3/c1-15(2)30-21-18(22(25)28)10-5-11-20(21)26-23(29)27-12-6-7-16(14-27)13-19(24)17-8-3-4-9-17/h5,10-11,15-17,19H,3-4,6-9,12-14,24H2,1-2H3,(H2,25,28)(H,26,29). The second-order valence-electron chi connectivity index (χ2n) is 9.04. The van der Waals surface area contributed by atoms with Gasteiger partial charge in [-0.3, -0.25) is 4.79 Å². The van der Waals surface area contributed by atoms with E-state index in [9.17, 15) is 9.59 Å². The van der Waals surface area contributed by atoms with Crippen LogP contribution in [0, 0.1) is 11.8 Å². The lowest BCUT2D eigenvalue weighted by atomic mass is 9.86. The van der Waals surface area contributed by atoms with E-state index >= 15 is 0 Å². The van der Waals surface area contributed by atoms with Gasteiger partial charge in [-0.2, -0.15) is 0 Å². The number of hydrogen-bond acceptors (Lipinski definition) is 4. The number of nitrogens with one attached hydrogen (secondary N) is 1. The van der Waals surface area contributed by atoms with Crippen LogP contribution in [0.1, 0.15) is 69.2 Å². The van der Waals surface area contributed by atoms with Gasteiger partial charge in [-0.15, -0.1) is 0 Å². The van der Waals surface area contributed by atoms with Crippen molar-refractivity contribution in [2.24, 2.45) is 23.3 Å². The van der Waals surface area contributed by atoms with Gasteiger partial charge in [0.2, 0.25) is 0 Å². The van der Waals surface area contributed by atoms with E-state index in [0.29, 0.717) is 29.8 Å². The fraction of sp³-hybridized carbons (Fsp3) is 0.652. The van der Waals surface area contributed by atoms with Gasteiger partial charge in [0, 0.05) is 19.1 Å². The summed E-state index contributed by atoms with van der Waals surface area (Å²) in [6, 6.07) is 5.10. The molecule has 2 atom stereocenters. The Morgan fingerprint density at radius 3 is 2.60 bits per heavy atom. The Bertz CT molecular complexity index is 746. The summed E-state index contributed by atoms with van der Waals surface area (Å²) < 4.78 is 5.81. The number of para-hydroxylation sites is 1. The number of nitrogens with two attached hydrogens (primary N) is 2. The van der Waals surface area contributed by atoms with Crippen molar-refractivity contribution < 1.29 is 14.3 Å². The van der Waals surface area contributed by atoms with Crippen LogP contribution in [0.5, 0.6) is 5.75 Å². The normalized spacial score (nSPS) is 20.9. The molecule has 0 bridgehead atoms. The lowest BCUT2D eigenvalue weighted by Gasteiger charge is -2.35. The molecule has 1 aromatic carbocycles. The molecule has 2 unspecified atom stereocenters. The first-order chi connectivity index (χ1) is 14.3. The number of rotatable bonds is 7. The number of hydrogen-bond donors (Lipinski definition) is 3. The van der Waals surface area contributed by atoms with E-state index in [2.05, 4.69) is 5.32 Å². The third kappa shape index (κ3) is 5.65. The predicted octanol–water partition coefficient (Wildman–Crippen LogP) is 3.72. The molecule has 1 saturated heterocycles. The molecule has 5 N–H and O–H groups in total. The highest BCUT2D eigenvalue weighted by molar-refractivity contribution is 6.00. The molecule has 1 aliphatic carbocycles. The highest BCUT2D eigenvalue weighted by Gasteiger charge is 2.29. The van der Waals surface area contributed by atoms with Crippen LogP contribution in [-0.2, 0) is 0 Å². The number of carbonyl (C=O) groups excluding carboxylic acids is 2. The van der Waals surface area contributed by atoms with Crippen LogP contribution in [0.3, 0.4) is 0 Å². The second kappa shape index (κ2) is 10.2. The van der Waals surface area contributed by atoms with E-state index < -0.39 is 5.91 Å². The van der Waals surface area contributed by atoms with Crippen LogP contribution in [0.2, 0.25) is 0 Å². The summed E-state index contributed by atoms with van der Waals surface area (Å²) in [5.74, 6) is 0.816. The quantitative estimate of drug-likeness (QED) is 0.629. The van der Waals surface area contributed by atoms with E-state index in [0.717, 1.165) is 25.8 Å². The molecule has 7 heteroatoms. The van der Waals surface area contributed by atoms with Crippen LogP contribution in [-0.4, -0.2) is 42.1 Å². The SMILES string of the molecule is CC(C)Oc1c(NC(=O)N2CCCC(CC(N)C3CCCC3)C2)cccc1C(N)=O. The zero-order chi connectivity index (χ0) is 21.7. The van der Waals surface area contributed by atoms with Gasteiger partial charge in [0.15, 0.2) is 5.75 Å². The number of primary amides is 1. The van der Waals surface area contributed by atoms with Crippen LogP contribution in [0.25, 0.3) is 0 Å². The van der Waals surface area contributed by atoms with Gasteiger partial charge < -0.3 is 26.4 Å². The second-order valence-corrected chi connectivity index (χ2v) is 9.04. The van der Waals surface area contributed by atoms with Crippen LogP contribution in [0.15, 0.2) is 18.2 Å². The van der Waals surface area contributed by atoms with E-state index in [1.54, 1.807) is 18.2 Å². The zero-order valence-corrected chi connectivity index (χ0v) is 18.2. The molecule has 0 aromatic heterocycles. The number of likely N-dealkylation sites (tertiary alicyclic amines) is 1. The highest BCUT2D eigenvalue weighted by atomic mass is 16.5. The maximum absolute atomic E-state index is 13.0. The molecule has 2 aliphatic rings.